The molecule has 0 spiro atoms. The molecule has 0 fully saturated rings. The van der Waals surface area contributed by atoms with Crippen molar-refractivity contribution in [2.45, 2.75) is 75.0 Å². The normalized spacial score (nSPS) is 14.3. The van der Waals surface area contributed by atoms with E-state index in [0.717, 1.165) is 143 Å². The molecule has 17 rings (SSSR count). The Balaban J connectivity index is 0.657. The number of fused-ring (bicyclic) bond motifs is 6. The van der Waals surface area contributed by atoms with Gasteiger partial charge in [0.1, 0.15) is 11.5 Å². The van der Waals surface area contributed by atoms with Crippen molar-refractivity contribution >= 4 is 46.3 Å². The molecule has 112 heavy (non-hydrogen) atoms. The first-order valence-corrected chi connectivity index (χ1v) is 40.0. The highest BCUT2D eigenvalue weighted by Gasteiger charge is 2.46. The SMILES string of the molecule is C=Cc1ccc(OCCCCCCC2(c3ccccc3)c3ccccc3-c3ccc(N(c4ccc(-c5ccccc5)cc4)c4ccc(-c5ccc(-c6ccc(N(c7ccc(-c8ccccc8)cc7)c7ccc8c(c7)C(CCCCCCOc7ccc(C=C)cc7)(c7ccccc7)c7ccccc7-8)cc6)cc5)cc4)cc32)cc1. The summed E-state index contributed by atoms with van der Waals surface area (Å²) < 4.78 is 12.4. The zero-order chi connectivity index (χ0) is 75.5. The van der Waals surface area contributed by atoms with Gasteiger partial charge in [0.05, 0.1) is 13.2 Å². The summed E-state index contributed by atoms with van der Waals surface area (Å²) in [6.07, 6.45) is 14.3. The molecule has 2 aliphatic carbocycles. The predicted molar refractivity (Wildman–Crippen MR) is 471 cm³/mol. The third-order valence-corrected chi connectivity index (χ3v) is 23.3. The van der Waals surface area contributed by atoms with E-state index in [0.29, 0.717) is 13.2 Å². The minimum absolute atomic E-state index is 0.350. The highest BCUT2D eigenvalue weighted by molar-refractivity contribution is 5.91. The summed E-state index contributed by atoms with van der Waals surface area (Å²) in [6.45, 7) is 9.21. The Kier molecular flexibility index (Phi) is 21.2. The minimum Gasteiger partial charge on any atom is -0.494 e. The van der Waals surface area contributed by atoms with E-state index in [4.69, 9.17) is 9.47 Å². The molecule has 0 aromatic heterocycles. The van der Waals surface area contributed by atoms with Crippen molar-refractivity contribution < 1.29 is 9.47 Å². The van der Waals surface area contributed by atoms with Gasteiger partial charge in [0.25, 0.3) is 0 Å². The Morgan fingerprint density at radius 3 is 0.830 bits per heavy atom. The maximum atomic E-state index is 6.19. The third kappa shape index (κ3) is 14.6. The average Bonchev–Trinajstić information content (AvgIpc) is 1.55. The van der Waals surface area contributed by atoms with Gasteiger partial charge in [0.2, 0.25) is 0 Å². The molecule has 0 aliphatic heterocycles. The lowest BCUT2D eigenvalue weighted by molar-refractivity contribution is 0.303. The van der Waals surface area contributed by atoms with Crippen LogP contribution in [0, 0.1) is 0 Å². The molecule has 2 aliphatic rings. The van der Waals surface area contributed by atoms with E-state index in [2.05, 4.69) is 375 Å². The number of ether oxygens (including phenoxy) is 2. The smallest absolute Gasteiger partial charge is 0.119 e. The summed E-state index contributed by atoms with van der Waals surface area (Å²) in [4.78, 5) is 4.90. The zero-order valence-electron chi connectivity index (χ0n) is 63.6. The summed E-state index contributed by atoms with van der Waals surface area (Å²) >= 11 is 0. The number of hydrogen-bond acceptors (Lipinski definition) is 4. The Morgan fingerprint density at radius 1 is 0.232 bits per heavy atom. The molecule has 2 atom stereocenters. The molecular weight excluding hydrogens is 1360 g/mol. The van der Waals surface area contributed by atoms with Crippen molar-refractivity contribution in [2.75, 3.05) is 23.0 Å². The van der Waals surface area contributed by atoms with Crippen LogP contribution in [0.25, 0.3) is 78.9 Å². The Bertz CT molecular complexity index is 5330. The zero-order valence-corrected chi connectivity index (χ0v) is 63.6. The first kappa shape index (κ1) is 71.9. The Labute approximate surface area is 661 Å². The minimum atomic E-state index is -0.350. The Morgan fingerprint density at radius 2 is 0.500 bits per heavy atom. The van der Waals surface area contributed by atoms with Gasteiger partial charge in [-0.05, 0) is 234 Å². The molecule has 0 N–H and O–H groups in total. The number of hydrogen-bond donors (Lipinski definition) is 0. The summed E-state index contributed by atoms with van der Waals surface area (Å²) in [5, 5.41) is 0. The highest BCUT2D eigenvalue weighted by atomic mass is 16.5. The van der Waals surface area contributed by atoms with E-state index in [-0.39, 0.29) is 10.8 Å². The molecule has 0 heterocycles. The van der Waals surface area contributed by atoms with Crippen LogP contribution in [0.15, 0.2) is 389 Å². The fraction of sp³-hybridized carbons (Fsp3) is 0.130. The predicted octanol–water partition coefficient (Wildman–Crippen LogP) is 29.3. The van der Waals surface area contributed by atoms with Crippen LogP contribution in [-0.4, -0.2) is 13.2 Å². The quantitative estimate of drug-likeness (QED) is 0.0419. The van der Waals surface area contributed by atoms with Crippen molar-refractivity contribution in [3.63, 3.8) is 0 Å². The third-order valence-electron chi connectivity index (χ3n) is 23.3. The standard InChI is InChI=1S/C108H92N2O2/c1-3-79-41-67-97(68-42-79)111-75-27-7-5-25-73-107(89-33-17-11-18-34-89)103-39-23-21-37-99(103)101-71-65-95(77-105(101)107)109(91-57-49-85(50-58-91)81-29-13-9-14-30-81)93-61-53-87(54-62-93)83-45-47-84(48-46-83)88-55-63-94(64-56-88)110(92-59-51-86(52-60-92)82-31-15-10-16-32-82)96-66-72-102-100-38-22-24-40-104(100)108(106(102)78-96,90-35-19-12-20-36-90)74-26-6-8-28-76-112-98-69-43-80(4-2)44-70-98/h3-4,9-24,29-72,77-78H,1-2,5-8,25-28,73-76H2. The summed E-state index contributed by atoms with van der Waals surface area (Å²) in [7, 11) is 0. The van der Waals surface area contributed by atoms with Crippen LogP contribution in [-0.2, 0) is 10.8 Å². The first-order chi connectivity index (χ1) is 55.4. The van der Waals surface area contributed by atoms with Crippen molar-refractivity contribution in [3.05, 3.63) is 434 Å². The average molecular weight is 1450 g/mol. The van der Waals surface area contributed by atoms with Crippen LogP contribution >= 0.6 is 0 Å². The van der Waals surface area contributed by atoms with Gasteiger partial charge in [-0.15, -0.1) is 0 Å². The van der Waals surface area contributed by atoms with E-state index >= 15 is 0 Å². The molecule has 15 aromatic rings. The van der Waals surface area contributed by atoms with Gasteiger partial charge >= 0.3 is 0 Å². The summed E-state index contributed by atoms with van der Waals surface area (Å²) in [5.74, 6) is 1.81. The summed E-state index contributed by atoms with van der Waals surface area (Å²) in [5.41, 5.74) is 30.8. The van der Waals surface area contributed by atoms with Crippen molar-refractivity contribution in [3.8, 4) is 78.3 Å². The lowest BCUT2D eigenvalue weighted by Gasteiger charge is -2.34. The fourth-order valence-corrected chi connectivity index (χ4v) is 17.6. The molecule has 4 nitrogen and oxygen atoms in total. The second-order valence-electron chi connectivity index (χ2n) is 29.8. The van der Waals surface area contributed by atoms with E-state index in [1.165, 1.54) is 77.9 Å². The van der Waals surface area contributed by atoms with E-state index in [9.17, 15) is 0 Å². The van der Waals surface area contributed by atoms with Crippen molar-refractivity contribution in [1.82, 2.24) is 0 Å². The number of rotatable bonds is 30. The van der Waals surface area contributed by atoms with Crippen LogP contribution in [0.2, 0.25) is 0 Å². The van der Waals surface area contributed by atoms with Gasteiger partial charge in [-0.25, -0.2) is 0 Å². The van der Waals surface area contributed by atoms with E-state index in [1.54, 1.807) is 0 Å². The van der Waals surface area contributed by atoms with Crippen molar-refractivity contribution in [1.29, 1.82) is 0 Å². The van der Waals surface area contributed by atoms with Gasteiger partial charge in [0.15, 0.2) is 0 Å². The topological polar surface area (TPSA) is 24.9 Å². The second-order valence-corrected chi connectivity index (χ2v) is 29.8. The molecule has 0 bridgehead atoms. The van der Waals surface area contributed by atoms with Gasteiger partial charge in [-0.2, -0.15) is 0 Å². The Hall–Kier alpha value is -13.0. The monoisotopic (exact) mass is 1450 g/mol. The van der Waals surface area contributed by atoms with Crippen molar-refractivity contribution in [2.24, 2.45) is 0 Å². The fourth-order valence-electron chi connectivity index (χ4n) is 17.6. The largest absolute Gasteiger partial charge is 0.494 e. The molecular formula is C108H92N2O2. The number of anilines is 6. The molecule has 15 aromatic carbocycles. The molecule has 0 amide bonds. The first-order valence-electron chi connectivity index (χ1n) is 40.0. The lowest BCUT2D eigenvalue weighted by atomic mass is 9.69. The van der Waals surface area contributed by atoms with Gasteiger partial charge in [0, 0.05) is 45.0 Å². The molecule has 546 valence electrons. The highest BCUT2D eigenvalue weighted by Crippen LogP contribution is 2.59. The van der Waals surface area contributed by atoms with Crippen LogP contribution in [0.3, 0.4) is 0 Å². The van der Waals surface area contributed by atoms with Crippen LogP contribution in [0.4, 0.5) is 34.1 Å². The van der Waals surface area contributed by atoms with Gasteiger partial charge < -0.3 is 19.3 Å². The van der Waals surface area contributed by atoms with E-state index in [1.807, 2.05) is 36.4 Å². The molecule has 4 heteroatoms. The van der Waals surface area contributed by atoms with Crippen LogP contribution in [0.1, 0.15) is 109 Å². The molecule has 0 saturated carbocycles. The summed E-state index contributed by atoms with van der Waals surface area (Å²) in [6, 6.07) is 139. The number of benzene rings is 15. The number of nitrogens with zero attached hydrogens (tertiary/aromatic N) is 2. The molecule has 2 unspecified atom stereocenters. The lowest BCUT2D eigenvalue weighted by Crippen LogP contribution is -2.27. The van der Waals surface area contributed by atoms with E-state index < -0.39 is 0 Å². The maximum Gasteiger partial charge on any atom is 0.119 e. The number of unbranched alkanes of at least 4 members (excludes halogenated alkanes) is 6. The maximum absolute atomic E-state index is 6.19. The molecule has 0 saturated heterocycles. The van der Waals surface area contributed by atoms with Gasteiger partial charge in [-0.1, -0.05) is 343 Å². The van der Waals surface area contributed by atoms with Crippen LogP contribution in [0.5, 0.6) is 11.5 Å². The van der Waals surface area contributed by atoms with Crippen LogP contribution < -0.4 is 19.3 Å². The second kappa shape index (κ2) is 33.1. The van der Waals surface area contributed by atoms with Gasteiger partial charge in [-0.3, -0.25) is 0 Å². The molecule has 0 radical (unpaired) electrons.